The predicted molar refractivity (Wildman–Crippen MR) is 145 cm³/mol. The molecule has 1 amide bonds. The number of carbonyl (C=O) groups is 1. The Balaban J connectivity index is 0.000000271. The lowest BCUT2D eigenvalue weighted by molar-refractivity contribution is 0.0989. The maximum Gasteiger partial charge on any atom is 0.260 e. The standard InChI is InChI=1S/C15H14N2O4.C14H24/c1-2-17-10-6-8(18)7-12(20)14(10)16-13-9(15(17)21)4-3-5-11(13)19;1-12(2)8-6-10-14(5)11-7-9-13(3)4/h3-7,16,18-20H,2H2,1H3;9-10H,1,6-8,11H2,2-5H3/b;14-10+. The van der Waals surface area contributed by atoms with Crippen LogP contribution in [0.2, 0.25) is 0 Å². The Morgan fingerprint density at radius 2 is 1.66 bits per heavy atom. The number of nitrogens with one attached hydrogen (secondary N) is 1. The van der Waals surface area contributed by atoms with E-state index in [0.717, 1.165) is 12.8 Å². The first-order valence-corrected chi connectivity index (χ1v) is 11.9. The number of amides is 1. The first kappa shape index (κ1) is 27.6. The molecule has 4 N–H and O–H groups in total. The van der Waals surface area contributed by atoms with Gasteiger partial charge in [-0.25, -0.2) is 0 Å². The lowest BCUT2D eigenvalue weighted by Gasteiger charge is -2.21. The van der Waals surface area contributed by atoms with Gasteiger partial charge in [0.1, 0.15) is 22.9 Å². The fourth-order valence-corrected chi connectivity index (χ4v) is 3.74. The number of nitrogens with zero attached hydrogens (tertiary/aromatic N) is 1. The number of hydrogen-bond donors (Lipinski definition) is 4. The van der Waals surface area contributed by atoms with Crippen LogP contribution in [0.5, 0.6) is 17.2 Å². The van der Waals surface area contributed by atoms with Crippen molar-refractivity contribution in [3.05, 3.63) is 71.3 Å². The van der Waals surface area contributed by atoms with Crippen LogP contribution >= 0.6 is 0 Å². The Labute approximate surface area is 208 Å². The summed E-state index contributed by atoms with van der Waals surface area (Å²) in [5.41, 5.74) is 5.35. The number of aromatic hydroxyl groups is 3. The molecule has 0 atom stereocenters. The molecule has 1 aliphatic rings. The van der Waals surface area contributed by atoms with Crippen molar-refractivity contribution in [2.75, 3.05) is 16.8 Å². The van der Waals surface area contributed by atoms with E-state index in [1.807, 2.05) is 0 Å². The molecule has 3 rings (SSSR count). The summed E-state index contributed by atoms with van der Waals surface area (Å²) in [6, 6.07) is 7.20. The number of phenolic OH excluding ortho intramolecular Hbond substituents is 3. The molecule has 0 bridgehead atoms. The number of para-hydroxylation sites is 1. The molecule has 1 heterocycles. The Morgan fingerprint density at radius 3 is 2.29 bits per heavy atom. The summed E-state index contributed by atoms with van der Waals surface area (Å²) in [5, 5.41) is 32.5. The van der Waals surface area contributed by atoms with Gasteiger partial charge in [-0.1, -0.05) is 34.9 Å². The number of phenols is 3. The van der Waals surface area contributed by atoms with Crippen LogP contribution in [0.3, 0.4) is 0 Å². The van der Waals surface area contributed by atoms with E-state index < -0.39 is 0 Å². The summed E-state index contributed by atoms with van der Waals surface area (Å²) in [4.78, 5) is 14.0. The molecule has 2 aromatic carbocycles. The summed E-state index contributed by atoms with van der Waals surface area (Å²) in [7, 11) is 0. The van der Waals surface area contributed by atoms with E-state index in [0.29, 0.717) is 17.8 Å². The molecule has 1 aliphatic heterocycles. The number of carbonyl (C=O) groups excluding carboxylic acids is 1. The van der Waals surface area contributed by atoms with Crippen molar-refractivity contribution < 1.29 is 20.1 Å². The number of allylic oxidation sites excluding steroid dienone is 5. The maximum absolute atomic E-state index is 12.6. The van der Waals surface area contributed by atoms with Gasteiger partial charge in [0.2, 0.25) is 0 Å². The summed E-state index contributed by atoms with van der Waals surface area (Å²) in [6.45, 7) is 14.7. The van der Waals surface area contributed by atoms with Crippen molar-refractivity contribution in [3.8, 4) is 17.2 Å². The van der Waals surface area contributed by atoms with Crippen LogP contribution in [0.4, 0.5) is 17.1 Å². The highest BCUT2D eigenvalue weighted by molar-refractivity contribution is 6.15. The van der Waals surface area contributed by atoms with E-state index in [1.165, 1.54) is 52.7 Å². The number of fused-ring (bicyclic) bond motifs is 2. The molecule has 0 aliphatic carbocycles. The predicted octanol–water partition coefficient (Wildman–Crippen LogP) is 7.56. The van der Waals surface area contributed by atoms with Crippen LogP contribution in [0, 0.1) is 0 Å². The van der Waals surface area contributed by atoms with Gasteiger partial charge in [0.25, 0.3) is 5.91 Å². The Kier molecular flexibility index (Phi) is 10.0. The smallest absolute Gasteiger partial charge is 0.260 e. The van der Waals surface area contributed by atoms with Gasteiger partial charge in [0.15, 0.2) is 0 Å². The van der Waals surface area contributed by atoms with Crippen molar-refractivity contribution in [2.24, 2.45) is 0 Å². The summed E-state index contributed by atoms with van der Waals surface area (Å²) >= 11 is 0. The van der Waals surface area contributed by atoms with Crippen molar-refractivity contribution in [2.45, 2.75) is 60.3 Å². The summed E-state index contributed by atoms with van der Waals surface area (Å²) < 4.78 is 0. The van der Waals surface area contributed by atoms with Crippen LogP contribution in [0.25, 0.3) is 0 Å². The largest absolute Gasteiger partial charge is 0.508 e. The van der Waals surface area contributed by atoms with Gasteiger partial charge >= 0.3 is 0 Å². The molecule has 0 saturated carbocycles. The summed E-state index contributed by atoms with van der Waals surface area (Å²) in [5.74, 6) is -0.751. The fourth-order valence-electron chi connectivity index (χ4n) is 3.74. The normalized spacial score (nSPS) is 12.4. The van der Waals surface area contributed by atoms with Gasteiger partial charge < -0.3 is 25.5 Å². The van der Waals surface area contributed by atoms with Gasteiger partial charge in [0.05, 0.1) is 16.9 Å². The van der Waals surface area contributed by atoms with E-state index in [2.05, 4.69) is 51.7 Å². The quantitative estimate of drug-likeness (QED) is 0.187. The highest BCUT2D eigenvalue weighted by Crippen LogP contribution is 2.45. The molecule has 0 radical (unpaired) electrons. The van der Waals surface area contributed by atoms with Crippen LogP contribution in [-0.4, -0.2) is 27.8 Å². The van der Waals surface area contributed by atoms with Gasteiger partial charge in [-0.3, -0.25) is 4.79 Å². The molecular formula is C29H38N2O4. The van der Waals surface area contributed by atoms with E-state index in [4.69, 9.17) is 0 Å². The van der Waals surface area contributed by atoms with Crippen molar-refractivity contribution >= 4 is 23.0 Å². The van der Waals surface area contributed by atoms with Gasteiger partial charge in [-0.2, -0.15) is 0 Å². The van der Waals surface area contributed by atoms with Crippen molar-refractivity contribution in [1.82, 2.24) is 0 Å². The highest BCUT2D eigenvalue weighted by atomic mass is 16.3. The number of anilines is 3. The third kappa shape index (κ3) is 7.67. The first-order chi connectivity index (χ1) is 16.5. The van der Waals surface area contributed by atoms with Gasteiger partial charge in [-0.15, -0.1) is 6.58 Å². The van der Waals surface area contributed by atoms with E-state index >= 15 is 0 Å². The van der Waals surface area contributed by atoms with E-state index in [-0.39, 0.29) is 34.5 Å². The van der Waals surface area contributed by atoms with E-state index in [9.17, 15) is 20.1 Å². The lowest BCUT2D eigenvalue weighted by atomic mass is 10.1. The minimum Gasteiger partial charge on any atom is -0.508 e. The van der Waals surface area contributed by atoms with Crippen LogP contribution in [-0.2, 0) is 0 Å². The zero-order valence-electron chi connectivity index (χ0n) is 21.5. The maximum atomic E-state index is 12.6. The Bertz CT molecular complexity index is 1130. The monoisotopic (exact) mass is 478 g/mol. The molecular weight excluding hydrogens is 440 g/mol. The molecule has 0 aromatic heterocycles. The minimum absolute atomic E-state index is 0.0859. The van der Waals surface area contributed by atoms with Gasteiger partial charge in [-0.05, 0) is 72.4 Å². The fraction of sp³-hybridized carbons (Fsp3) is 0.345. The molecule has 6 heteroatoms. The third-order valence-electron chi connectivity index (χ3n) is 5.61. The third-order valence-corrected chi connectivity index (χ3v) is 5.61. The van der Waals surface area contributed by atoms with E-state index in [1.54, 1.807) is 19.1 Å². The van der Waals surface area contributed by atoms with Crippen LogP contribution < -0.4 is 10.2 Å². The zero-order chi connectivity index (χ0) is 26.1. The van der Waals surface area contributed by atoms with Crippen LogP contribution in [0.1, 0.15) is 70.7 Å². The second-order valence-electron chi connectivity index (χ2n) is 9.10. The molecule has 188 valence electrons. The number of hydrogen-bond acceptors (Lipinski definition) is 5. The number of benzene rings is 2. The van der Waals surface area contributed by atoms with Crippen molar-refractivity contribution in [1.29, 1.82) is 0 Å². The highest BCUT2D eigenvalue weighted by Gasteiger charge is 2.29. The second-order valence-corrected chi connectivity index (χ2v) is 9.10. The second kappa shape index (κ2) is 12.7. The molecule has 6 nitrogen and oxygen atoms in total. The minimum atomic E-state index is -0.320. The SMILES string of the molecule is C=C(C)CC/C=C(\C)CCC=C(C)C.CCN1C(=O)c2cccc(O)c2Nc2c(O)cc(O)cc21. The molecule has 0 spiro atoms. The number of rotatable bonds is 7. The Hall–Kier alpha value is -3.67. The average molecular weight is 479 g/mol. The van der Waals surface area contributed by atoms with Gasteiger partial charge in [0, 0.05) is 18.7 Å². The molecule has 2 aromatic rings. The molecule has 0 fully saturated rings. The topological polar surface area (TPSA) is 93.0 Å². The zero-order valence-corrected chi connectivity index (χ0v) is 21.5. The van der Waals surface area contributed by atoms with Crippen molar-refractivity contribution in [3.63, 3.8) is 0 Å². The summed E-state index contributed by atoms with van der Waals surface area (Å²) in [6.07, 6.45) is 9.29. The first-order valence-electron chi connectivity index (χ1n) is 11.9. The molecule has 35 heavy (non-hydrogen) atoms. The average Bonchev–Trinajstić information content (AvgIpc) is 2.89. The lowest BCUT2D eigenvalue weighted by Crippen LogP contribution is -2.29. The molecule has 0 unspecified atom stereocenters. The molecule has 0 saturated heterocycles. The Morgan fingerprint density at radius 1 is 0.971 bits per heavy atom. The van der Waals surface area contributed by atoms with Crippen LogP contribution in [0.15, 0.2) is 65.8 Å².